The predicted molar refractivity (Wildman–Crippen MR) is 51.8 cm³/mol. The fourth-order valence-electron chi connectivity index (χ4n) is 0.908. The highest BCUT2D eigenvalue weighted by molar-refractivity contribution is 8.03. The fraction of sp³-hybridized carbons (Fsp3) is 0. The monoisotopic (exact) mass is 179 g/mol. The van der Waals surface area contributed by atoms with E-state index < -0.39 is 0 Å². The summed E-state index contributed by atoms with van der Waals surface area (Å²) in [5, 5.41) is 3.06. The van der Waals surface area contributed by atoms with Crippen molar-refractivity contribution in [2.75, 3.05) is 5.32 Å². The van der Waals surface area contributed by atoms with Crippen LogP contribution < -0.4 is 5.32 Å². The first-order valence-corrected chi connectivity index (χ1v) is 4.41. The molecule has 0 bridgehead atoms. The molecule has 1 aromatic rings. The summed E-state index contributed by atoms with van der Waals surface area (Å²) in [7, 11) is 0. The highest BCUT2D eigenvalue weighted by Crippen LogP contribution is 2.33. The molecule has 0 spiro atoms. The van der Waals surface area contributed by atoms with Crippen LogP contribution >= 0.6 is 24.0 Å². The second kappa shape index (κ2) is 2.83. The second-order valence-electron chi connectivity index (χ2n) is 2.15. The molecule has 0 fully saturated rings. The summed E-state index contributed by atoms with van der Waals surface area (Å²) in [6, 6.07) is 8.04. The molecular formula is C8H5NS2. The van der Waals surface area contributed by atoms with E-state index in [4.69, 9.17) is 12.2 Å². The third kappa shape index (κ3) is 1.39. The number of nitrogens with one attached hydrogen (secondary N) is 1. The van der Waals surface area contributed by atoms with Gasteiger partial charge in [0.1, 0.15) is 10.7 Å². The average molecular weight is 179 g/mol. The van der Waals surface area contributed by atoms with Crippen molar-refractivity contribution in [3.05, 3.63) is 30.0 Å². The Morgan fingerprint density at radius 1 is 1.36 bits per heavy atom. The van der Waals surface area contributed by atoms with Crippen LogP contribution in [0.5, 0.6) is 0 Å². The molecule has 0 unspecified atom stereocenters. The Balaban J connectivity index is 2.41. The van der Waals surface area contributed by atoms with Crippen LogP contribution in [0.1, 0.15) is 0 Å². The van der Waals surface area contributed by atoms with Crippen molar-refractivity contribution in [2.24, 2.45) is 0 Å². The van der Waals surface area contributed by atoms with Crippen molar-refractivity contribution in [1.29, 1.82) is 0 Å². The van der Waals surface area contributed by atoms with Crippen molar-refractivity contribution in [3.8, 4) is 0 Å². The van der Waals surface area contributed by atoms with E-state index in [1.807, 2.05) is 24.3 Å². The Bertz CT molecular complexity index is 296. The minimum atomic E-state index is 0.675. The van der Waals surface area contributed by atoms with Gasteiger partial charge in [0.15, 0.2) is 0 Å². The van der Waals surface area contributed by atoms with Crippen LogP contribution in [0.4, 0.5) is 5.69 Å². The smallest absolute Gasteiger partial charge is 0.117 e. The first-order valence-electron chi connectivity index (χ1n) is 3.19. The van der Waals surface area contributed by atoms with Crippen LogP contribution in [0.15, 0.2) is 29.2 Å². The SMILES string of the molecule is S=C1[C]Sc2ccccc2N1. The topological polar surface area (TPSA) is 12.0 Å². The molecule has 11 heavy (non-hydrogen) atoms. The summed E-state index contributed by atoms with van der Waals surface area (Å²) in [4.78, 5) is 1.86. The lowest BCUT2D eigenvalue weighted by atomic mass is 10.3. The lowest BCUT2D eigenvalue weighted by Gasteiger charge is -2.16. The van der Waals surface area contributed by atoms with Gasteiger partial charge in [-0.2, -0.15) is 0 Å². The first kappa shape index (κ1) is 7.13. The minimum absolute atomic E-state index is 0.675. The average Bonchev–Trinajstić information content (AvgIpc) is 2.04. The summed E-state index contributed by atoms with van der Waals surface area (Å²) in [5.74, 6) is 2.98. The number of rotatable bonds is 0. The molecule has 1 nitrogen and oxygen atoms in total. The van der Waals surface area contributed by atoms with Gasteiger partial charge in [-0.1, -0.05) is 24.4 Å². The molecule has 0 saturated heterocycles. The molecule has 1 heterocycles. The molecule has 1 aliphatic heterocycles. The summed E-state index contributed by atoms with van der Waals surface area (Å²) < 4.78 is 0. The number of hydrogen-bond acceptors (Lipinski definition) is 2. The number of anilines is 1. The van der Waals surface area contributed by atoms with Crippen LogP contribution in [0.3, 0.4) is 0 Å². The first-order chi connectivity index (χ1) is 5.36. The van der Waals surface area contributed by atoms with Crippen molar-refractivity contribution >= 4 is 34.7 Å². The predicted octanol–water partition coefficient (Wildman–Crippen LogP) is 2.57. The Kier molecular flexibility index (Phi) is 1.84. The van der Waals surface area contributed by atoms with Crippen LogP contribution in [0.25, 0.3) is 0 Å². The summed E-state index contributed by atoms with van der Waals surface area (Å²) >= 11 is 6.48. The van der Waals surface area contributed by atoms with Crippen molar-refractivity contribution < 1.29 is 0 Å². The molecule has 2 rings (SSSR count). The summed E-state index contributed by atoms with van der Waals surface area (Å²) in [6.45, 7) is 0. The van der Waals surface area contributed by atoms with E-state index in [2.05, 4.69) is 11.1 Å². The van der Waals surface area contributed by atoms with Gasteiger partial charge in [0.05, 0.1) is 5.69 Å². The van der Waals surface area contributed by atoms with E-state index in [9.17, 15) is 0 Å². The minimum Gasteiger partial charge on any atom is -0.348 e. The van der Waals surface area contributed by atoms with E-state index in [1.54, 1.807) is 11.8 Å². The van der Waals surface area contributed by atoms with E-state index in [0.29, 0.717) is 4.99 Å². The largest absolute Gasteiger partial charge is 0.348 e. The molecule has 1 aromatic carbocycles. The Hall–Kier alpha value is -0.540. The summed E-state index contributed by atoms with van der Waals surface area (Å²) in [5.41, 5.74) is 1.08. The highest BCUT2D eigenvalue weighted by Gasteiger charge is 2.11. The third-order valence-electron chi connectivity index (χ3n) is 1.39. The van der Waals surface area contributed by atoms with Gasteiger partial charge < -0.3 is 5.32 Å². The number of benzene rings is 1. The lowest BCUT2D eigenvalue weighted by molar-refractivity contribution is 1.44. The zero-order valence-electron chi connectivity index (χ0n) is 5.63. The molecule has 0 aliphatic carbocycles. The molecule has 0 amide bonds. The van der Waals surface area contributed by atoms with Crippen LogP contribution in [-0.2, 0) is 0 Å². The van der Waals surface area contributed by atoms with Crippen molar-refractivity contribution in [3.63, 3.8) is 0 Å². The van der Waals surface area contributed by atoms with Crippen molar-refractivity contribution in [2.45, 2.75) is 4.90 Å². The maximum Gasteiger partial charge on any atom is 0.117 e. The summed E-state index contributed by atoms with van der Waals surface area (Å²) in [6.07, 6.45) is 0. The van der Waals surface area contributed by atoms with Gasteiger partial charge in [0.25, 0.3) is 0 Å². The highest BCUT2D eigenvalue weighted by atomic mass is 32.2. The van der Waals surface area contributed by atoms with Gasteiger partial charge in [0, 0.05) is 4.90 Å². The number of fused-ring (bicyclic) bond motifs is 1. The van der Waals surface area contributed by atoms with E-state index in [-0.39, 0.29) is 0 Å². The van der Waals surface area contributed by atoms with Crippen LogP contribution in [0, 0.1) is 5.75 Å². The van der Waals surface area contributed by atoms with Crippen LogP contribution in [0.2, 0.25) is 0 Å². The molecule has 2 radical (unpaired) electrons. The quantitative estimate of drug-likeness (QED) is 0.615. The second-order valence-corrected chi connectivity index (χ2v) is 3.41. The molecule has 1 aliphatic rings. The molecule has 54 valence electrons. The number of para-hydroxylation sites is 1. The van der Waals surface area contributed by atoms with Crippen LogP contribution in [-0.4, -0.2) is 4.99 Å². The van der Waals surface area contributed by atoms with Gasteiger partial charge in [-0.05, 0) is 12.1 Å². The maximum atomic E-state index is 4.94. The van der Waals surface area contributed by atoms with Gasteiger partial charge in [-0.15, -0.1) is 11.8 Å². The zero-order valence-corrected chi connectivity index (χ0v) is 7.26. The van der Waals surface area contributed by atoms with Gasteiger partial charge >= 0.3 is 0 Å². The number of hydrogen-bond donors (Lipinski definition) is 1. The molecule has 1 N–H and O–H groups in total. The van der Waals surface area contributed by atoms with E-state index in [1.165, 1.54) is 4.90 Å². The fourth-order valence-corrected chi connectivity index (χ4v) is 1.77. The number of thiocarbonyl (C=S) groups is 1. The van der Waals surface area contributed by atoms with Gasteiger partial charge in [0.2, 0.25) is 0 Å². The molecule has 3 heteroatoms. The third-order valence-corrected chi connectivity index (χ3v) is 2.60. The Morgan fingerprint density at radius 2 is 2.18 bits per heavy atom. The van der Waals surface area contributed by atoms with E-state index in [0.717, 1.165) is 5.69 Å². The molecular weight excluding hydrogens is 174 g/mol. The lowest BCUT2D eigenvalue weighted by Crippen LogP contribution is -2.12. The molecule has 0 saturated carbocycles. The van der Waals surface area contributed by atoms with Gasteiger partial charge in [-0.3, -0.25) is 0 Å². The maximum absolute atomic E-state index is 4.94. The zero-order chi connectivity index (χ0) is 7.68. The van der Waals surface area contributed by atoms with E-state index >= 15 is 0 Å². The van der Waals surface area contributed by atoms with Gasteiger partial charge in [-0.25, -0.2) is 0 Å². The molecule has 0 atom stereocenters. The Morgan fingerprint density at radius 3 is 3.09 bits per heavy atom. The Labute approximate surface area is 75.2 Å². The van der Waals surface area contributed by atoms with Crippen molar-refractivity contribution in [1.82, 2.24) is 0 Å². The normalized spacial score (nSPS) is 15.5. The molecule has 0 aromatic heterocycles. The standard InChI is InChI=1S/C8H5NS2/c10-8-5-11-7-4-2-1-3-6(7)9-8/h1-4H,(H,9,10). The number of thioether (sulfide) groups is 1.